The summed E-state index contributed by atoms with van der Waals surface area (Å²) in [6.07, 6.45) is 79.5. The van der Waals surface area contributed by atoms with E-state index in [0.29, 0.717) is 19.3 Å². The van der Waals surface area contributed by atoms with Crippen molar-refractivity contribution in [3.63, 3.8) is 0 Å². The molecule has 0 aromatic carbocycles. The van der Waals surface area contributed by atoms with Gasteiger partial charge in [0.1, 0.15) is 13.2 Å². The molecule has 0 radical (unpaired) electrons. The molecule has 1 unspecified atom stereocenters. The summed E-state index contributed by atoms with van der Waals surface area (Å²) >= 11 is 0. The van der Waals surface area contributed by atoms with E-state index in [0.717, 1.165) is 89.9 Å². The molecule has 0 rings (SSSR count). The number of carbonyl (C=O) groups is 3. The highest BCUT2D eigenvalue weighted by Gasteiger charge is 2.19. The largest absolute Gasteiger partial charge is 0.462 e. The number of carbonyl (C=O) groups excluding carboxylic acids is 3. The van der Waals surface area contributed by atoms with Crippen molar-refractivity contribution in [2.45, 2.75) is 341 Å². The Morgan fingerprint density at radius 3 is 0.824 bits per heavy atom. The van der Waals surface area contributed by atoms with Gasteiger partial charge < -0.3 is 14.2 Å². The Morgan fingerprint density at radius 2 is 0.527 bits per heavy atom. The molecule has 0 heterocycles. The predicted molar refractivity (Wildman–Crippen MR) is 321 cm³/mol. The van der Waals surface area contributed by atoms with Gasteiger partial charge in [-0.2, -0.15) is 0 Å². The fraction of sp³-hybridized carbons (Fsp3) is 0.809. The van der Waals surface area contributed by atoms with Crippen LogP contribution in [0.2, 0.25) is 0 Å². The van der Waals surface area contributed by atoms with Crippen LogP contribution in [-0.4, -0.2) is 37.2 Å². The molecule has 0 aliphatic rings. The molecule has 0 saturated carbocycles. The van der Waals surface area contributed by atoms with Crippen molar-refractivity contribution in [1.29, 1.82) is 0 Å². The summed E-state index contributed by atoms with van der Waals surface area (Å²) < 4.78 is 16.9. The van der Waals surface area contributed by atoms with Crippen LogP contribution in [0.1, 0.15) is 335 Å². The van der Waals surface area contributed by atoms with E-state index >= 15 is 0 Å². The minimum atomic E-state index is -0.768. The summed E-state index contributed by atoms with van der Waals surface area (Å²) in [4.78, 5) is 38.2. The Labute approximate surface area is 460 Å². The van der Waals surface area contributed by atoms with Crippen molar-refractivity contribution in [2.75, 3.05) is 13.2 Å². The van der Waals surface area contributed by atoms with Gasteiger partial charge in [0.2, 0.25) is 0 Å². The molecular formula is C68H122O6. The molecule has 0 aromatic heterocycles. The van der Waals surface area contributed by atoms with Gasteiger partial charge in [-0.1, -0.05) is 313 Å². The maximum Gasteiger partial charge on any atom is 0.306 e. The summed E-state index contributed by atoms with van der Waals surface area (Å²) in [6, 6.07) is 0. The van der Waals surface area contributed by atoms with Crippen LogP contribution < -0.4 is 0 Å². The zero-order chi connectivity index (χ0) is 53.6. The first-order valence-electron chi connectivity index (χ1n) is 32.3. The number of rotatable bonds is 59. The van der Waals surface area contributed by atoms with Crippen LogP contribution in [0.15, 0.2) is 60.8 Å². The lowest BCUT2D eigenvalue weighted by atomic mass is 10.0. The summed E-state index contributed by atoms with van der Waals surface area (Å²) in [5.74, 6) is -0.848. The molecule has 0 amide bonds. The Bertz CT molecular complexity index is 1330. The zero-order valence-corrected chi connectivity index (χ0v) is 49.4. The topological polar surface area (TPSA) is 78.9 Å². The van der Waals surface area contributed by atoms with Gasteiger partial charge >= 0.3 is 17.9 Å². The number of unbranched alkanes of at least 4 members (excludes halogenated alkanes) is 38. The standard InChI is InChI=1S/C68H122O6/c1-4-7-10-13-16-19-22-24-26-27-28-29-30-31-32-33-34-35-36-37-38-39-40-41-42-44-46-49-52-55-58-61-67(70)73-64-65(63-72-66(69)60-57-54-51-48-45-21-18-15-12-9-6-3)74-68(71)62-59-56-53-50-47-43-25-23-20-17-14-11-8-5-2/h7,10,16,19,24,26,28-29,31-32,65H,4-6,8-9,11-15,17-18,20-23,25,27,30,33-64H2,1-3H3/b10-7-,19-16-,26-24-,29-28-,32-31-. The van der Waals surface area contributed by atoms with Gasteiger partial charge in [-0.15, -0.1) is 0 Å². The highest BCUT2D eigenvalue weighted by atomic mass is 16.6. The average molecular weight is 1040 g/mol. The lowest BCUT2D eigenvalue weighted by molar-refractivity contribution is -0.167. The van der Waals surface area contributed by atoms with Gasteiger partial charge in [0.15, 0.2) is 6.10 Å². The van der Waals surface area contributed by atoms with Gasteiger partial charge in [-0.25, -0.2) is 0 Å². The van der Waals surface area contributed by atoms with E-state index in [4.69, 9.17) is 14.2 Å². The molecule has 0 aliphatic carbocycles. The van der Waals surface area contributed by atoms with Crippen LogP contribution in [0.5, 0.6) is 0 Å². The smallest absolute Gasteiger partial charge is 0.306 e. The quantitative estimate of drug-likeness (QED) is 0.0261. The third kappa shape index (κ3) is 60.0. The van der Waals surface area contributed by atoms with Gasteiger partial charge in [0, 0.05) is 19.3 Å². The number of hydrogen-bond donors (Lipinski definition) is 0. The van der Waals surface area contributed by atoms with Crippen molar-refractivity contribution in [1.82, 2.24) is 0 Å². The number of hydrogen-bond acceptors (Lipinski definition) is 6. The van der Waals surface area contributed by atoms with Crippen LogP contribution in [-0.2, 0) is 28.6 Å². The number of esters is 3. The van der Waals surface area contributed by atoms with Gasteiger partial charge in [-0.05, 0) is 64.2 Å². The maximum atomic E-state index is 12.9. The van der Waals surface area contributed by atoms with E-state index < -0.39 is 6.10 Å². The lowest BCUT2D eigenvalue weighted by Crippen LogP contribution is -2.30. The zero-order valence-electron chi connectivity index (χ0n) is 49.4. The minimum Gasteiger partial charge on any atom is -0.462 e. The minimum absolute atomic E-state index is 0.0674. The highest BCUT2D eigenvalue weighted by molar-refractivity contribution is 5.71. The first-order chi connectivity index (χ1) is 36.5. The van der Waals surface area contributed by atoms with E-state index in [9.17, 15) is 14.4 Å². The highest BCUT2D eigenvalue weighted by Crippen LogP contribution is 2.17. The molecule has 0 N–H and O–H groups in total. The van der Waals surface area contributed by atoms with Crippen molar-refractivity contribution in [3.8, 4) is 0 Å². The summed E-state index contributed by atoms with van der Waals surface area (Å²) in [7, 11) is 0. The Morgan fingerprint density at radius 1 is 0.284 bits per heavy atom. The van der Waals surface area contributed by atoms with Gasteiger partial charge in [-0.3, -0.25) is 14.4 Å². The Balaban J connectivity index is 4.11. The SMILES string of the molecule is CC/C=C\C/C=C\C/C=C\C/C=C\C/C=C\CCCCCCCCCCCCCCCCCC(=O)OCC(COC(=O)CCCCCCCCCCCCC)OC(=O)CCCCCCCCCCCCCCCC. The van der Waals surface area contributed by atoms with Crippen LogP contribution >= 0.6 is 0 Å². The van der Waals surface area contributed by atoms with Crippen LogP contribution in [0.4, 0.5) is 0 Å². The Kier molecular flexibility index (Phi) is 60.2. The Hall–Kier alpha value is -2.89. The summed E-state index contributed by atoms with van der Waals surface area (Å²) in [5, 5.41) is 0. The second-order valence-corrected chi connectivity index (χ2v) is 21.7. The normalized spacial score (nSPS) is 12.4. The van der Waals surface area contributed by atoms with Gasteiger partial charge in [0.05, 0.1) is 0 Å². The fourth-order valence-corrected chi connectivity index (χ4v) is 9.47. The molecule has 0 spiro atoms. The third-order valence-electron chi connectivity index (χ3n) is 14.3. The van der Waals surface area contributed by atoms with E-state index in [-0.39, 0.29) is 31.1 Å². The van der Waals surface area contributed by atoms with E-state index in [2.05, 4.69) is 81.5 Å². The number of ether oxygens (including phenoxy) is 3. The second-order valence-electron chi connectivity index (χ2n) is 21.7. The van der Waals surface area contributed by atoms with E-state index in [1.54, 1.807) is 0 Å². The van der Waals surface area contributed by atoms with Crippen LogP contribution in [0.25, 0.3) is 0 Å². The first kappa shape index (κ1) is 71.1. The molecule has 6 nitrogen and oxygen atoms in total. The lowest BCUT2D eigenvalue weighted by Gasteiger charge is -2.18. The summed E-state index contributed by atoms with van der Waals surface area (Å²) in [6.45, 7) is 6.56. The van der Waals surface area contributed by atoms with E-state index in [1.807, 2.05) is 0 Å². The molecule has 0 saturated heterocycles. The fourth-order valence-electron chi connectivity index (χ4n) is 9.47. The average Bonchev–Trinajstić information content (AvgIpc) is 3.40. The van der Waals surface area contributed by atoms with Crippen molar-refractivity contribution >= 4 is 17.9 Å². The first-order valence-corrected chi connectivity index (χ1v) is 32.3. The van der Waals surface area contributed by atoms with Crippen molar-refractivity contribution in [3.05, 3.63) is 60.8 Å². The number of allylic oxidation sites excluding steroid dienone is 10. The maximum absolute atomic E-state index is 12.9. The molecule has 0 aliphatic heterocycles. The predicted octanol–water partition coefficient (Wildman–Crippen LogP) is 21.9. The molecule has 0 fully saturated rings. The molecule has 6 heteroatoms. The molecule has 430 valence electrons. The second kappa shape index (κ2) is 62.6. The van der Waals surface area contributed by atoms with Crippen LogP contribution in [0.3, 0.4) is 0 Å². The van der Waals surface area contributed by atoms with Crippen molar-refractivity contribution in [2.24, 2.45) is 0 Å². The summed E-state index contributed by atoms with van der Waals surface area (Å²) in [5.41, 5.74) is 0. The van der Waals surface area contributed by atoms with Crippen LogP contribution in [0, 0.1) is 0 Å². The monoisotopic (exact) mass is 1030 g/mol. The van der Waals surface area contributed by atoms with Crippen molar-refractivity contribution < 1.29 is 28.6 Å². The molecule has 74 heavy (non-hydrogen) atoms. The van der Waals surface area contributed by atoms with E-state index in [1.165, 1.54) is 205 Å². The molecular weight excluding hydrogens is 913 g/mol. The molecule has 1 atom stereocenters. The molecule has 0 aromatic rings. The molecule has 0 bridgehead atoms. The van der Waals surface area contributed by atoms with Gasteiger partial charge in [0.25, 0.3) is 0 Å². The third-order valence-corrected chi connectivity index (χ3v) is 14.3.